The van der Waals surface area contributed by atoms with Crippen LogP contribution in [0.1, 0.15) is 249 Å². The molecule has 17 nitrogen and oxygen atoms in total. The van der Waals surface area contributed by atoms with Gasteiger partial charge in [0.05, 0.1) is 45.7 Å². The Kier molecular flexibility index (Phi) is 28.2. The Morgan fingerprint density at radius 3 is 0.341 bits per heavy atom. The van der Waals surface area contributed by atoms with Gasteiger partial charge in [-0.05, 0) is 0 Å². The maximum absolute atomic E-state index is 11.9. The first-order valence-electron chi connectivity index (χ1n) is 28.7. The van der Waals surface area contributed by atoms with E-state index in [2.05, 4.69) is 39.9 Å². The van der Waals surface area contributed by atoms with Gasteiger partial charge in [-0.25, -0.2) is 59.1 Å². The largest absolute Gasteiger partial charge is 0.478 e. The zero-order chi connectivity index (χ0) is 66.6. The molecule has 0 aromatic rings. The fourth-order valence-corrected chi connectivity index (χ4v) is 9.01. The van der Waals surface area contributed by atoms with Gasteiger partial charge in [0, 0.05) is 93.8 Å². The smallest absolute Gasteiger partial charge is 0.354 e. The minimum atomic E-state index is -1.42. The summed E-state index contributed by atoms with van der Waals surface area (Å²) >= 11 is 0. The molecule has 4 rings (SSSR count). The Labute approximate surface area is 541 Å². The standard InChI is InChI=1S/4C16H28N2O2.CH4O.2ClH.Ti/c4*1-13(2,3)10-11(14(4,5)6)18-16(17-10,12(19)20)15(7,8)9;1-2;;;/h4*1-9H3,(H,19,20);2H,1H3;2*1H;. The van der Waals surface area contributed by atoms with Crippen molar-refractivity contribution in [3.63, 3.8) is 0 Å². The quantitative estimate of drug-likeness (QED) is 0.167. The third-order valence-electron chi connectivity index (χ3n) is 14.1. The van der Waals surface area contributed by atoms with E-state index in [1.165, 1.54) is 0 Å². The predicted octanol–water partition coefficient (Wildman–Crippen LogP) is 15.7. The molecule has 0 spiro atoms. The summed E-state index contributed by atoms with van der Waals surface area (Å²) < 4.78 is 0. The number of rotatable bonds is 4. The molecular weight excluding hydrogens is 1160 g/mol. The zero-order valence-electron chi connectivity index (χ0n) is 59.8. The van der Waals surface area contributed by atoms with Crippen LogP contribution in [-0.2, 0) is 40.9 Å². The van der Waals surface area contributed by atoms with Crippen molar-refractivity contribution in [2.24, 2.45) is 105 Å². The van der Waals surface area contributed by atoms with Crippen LogP contribution in [0.4, 0.5) is 0 Å². The number of aliphatic imine (C=N–C) groups is 8. The molecule has 5 N–H and O–H groups in total. The molecule has 0 saturated carbocycles. The normalized spacial score (nSPS) is 18.6. The zero-order valence-corrected chi connectivity index (χ0v) is 63.0. The van der Waals surface area contributed by atoms with Crippen molar-refractivity contribution >= 4 is 94.4 Å². The van der Waals surface area contributed by atoms with Crippen LogP contribution in [-0.4, -0.2) is 125 Å². The number of halogens is 2. The molecule has 0 aromatic heterocycles. The van der Waals surface area contributed by atoms with Crippen LogP contribution >= 0.6 is 24.8 Å². The first-order chi connectivity index (χ1) is 35.5. The number of aliphatic carboxylic acids is 4. The maximum atomic E-state index is 11.9. The van der Waals surface area contributed by atoms with Gasteiger partial charge < -0.3 is 25.5 Å². The fraction of sp³-hybridized carbons (Fsp3) is 0.815. The molecule has 0 bridgehead atoms. The topological polar surface area (TPSA) is 268 Å². The Balaban J connectivity index is -0.000000503. The summed E-state index contributed by atoms with van der Waals surface area (Å²) in [7, 11) is 1.00. The van der Waals surface area contributed by atoms with Crippen LogP contribution in [0, 0.1) is 65.0 Å². The Bertz CT molecular complexity index is 2190. The number of hydrogen-bond acceptors (Lipinski definition) is 13. The minimum absolute atomic E-state index is 0. The van der Waals surface area contributed by atoms with Crippen molar-refractivity contribution in [3.8, 4) is 0 Å². The van der Waals surface area contributed by atoms with Crippen LogP contribution in [0.2, 0.25) is 0 Å². The third kappa shape index (κ3) is 19.3. The van der Waals surface area contributed by atoms with Crippen molar-refractivity contribution < 1.29 is 66.4 Å². The summed E-state index contributed by atoms with van der Waals surface area (Å²) in [5.41, 5.74) is -3.36. The Morgan fingerprint density at radius 2 is 0.306 bits per heavy atom. The molecule has 85 heavy (non-hydrogen) atoms. The molecule has 0 unspecified atom stereocenters. The number of nitrogens with zero attached hydrogens (tertiary/aromatic N) is 8. The van der Waals surface area contributed by atoms with E-state index in [1.54, 1.807) is 0 Å². The Morgan fingerprint density at radius 1 is 0.235 bits per heavy atom. The summed E-state index contributed by atoms with van der Waals surface area (Å²) in [6.45, 7) is 71.7. The Hall–Kier alpha value is -3.51. The summed E-state index contributed by atoms with van der Waals surface area (Å²) in [5.74, 6) is -3.92. The van der Waals surface area contributed by atoms with E-state index in [1.807, 2.05) is 249 Å². The number of aliphatic hydroxyl groups excluding tert-OH is 1. The van der Waals surface area contributed by atoms with Gasteiger partial charge in [-0.3, -0.25) is 0 Å². The van der Waals surface area contributed by atoms with Gasteiger partial charge in [-0.2, -0.15) is 0 Å². The van der Waals surface area contributed by atoms with Crippen molar-refractivity contribution in [2.45, 2.75) is 272 Å². The van der Waals surface area contributed by atoms with E-state index in [0.29, 0.717) is 0 Å². The average molecular weight is 1270 g/mol. The second-order valence-corrected chi connectivity index (χ2v) is 34.6. The van der Waals surface area contributed by atoms with Crippen LogP contribution in [0.25, 0.3) is 0 Å². The number of carboxylic acid groups (broad SMARTS) is 4. The number of carboxylic acids is 4. The number of carbonyl (C=O) groups is 4. The van der Waals surface area contributed by atoms with Gasteiger partial charge in [0.15, 0.2) is 0 Å². The molecule has 0 atom stereocenters. The van der Waals surface area contributed by atoms with Gasteiger partial charge in [0.1, 0.15) is 0 Å². The van der Waals surface area contributed by atoms with Crippen LogP contribution in [0.5, 0.6) is 0 Å². The molecule has 0 saturated heterocycles. The minimum Gasteiger partial charge on any atom is -0.478 e. The summed E-state index contributed by atoms with van der Waals surface area (Å²) in [4.78, 5) is 84.6. The van der Waals surface area contributed by atoms with Crippen molar-refractivity contribution in [2.75, 3.05) is 7.11 Å². The second-order valence-electron chi connectivity index (χ2n) is 34.6. The summed E-state index contributed by atoms with van der Waals surface area (Å²) in [5, 5.41) is 46.0. The average Bonchev–Trinajstić information content (AvgIpc) is 4.01. The molecule has 20 heteroatoms. The molecule has 0 amide bonds. The van der Waals surface area contributed by atoms with E-state index in [4.69, 9.17) is 5.11 Å². The number of aliphatic hydroxyl groups is 1. The molecule has 0 aliphatic carbocycles. The van der Waals surface area contributed by atoms with Crippen LogP contribution < -0.4 is 0 Å². The molecule has 0 aromatic carbocycles. The van der Waals surface area contributed by atoms with Gasteiger partial charge in [0.25, 0.3) is 22.7 Å². The molecule has 490 valence electrons. The van der Waals surface area contributed by atoms with Crippen molar-refractivity contribution in [1.82, 2.24) is 0 Å². The van der Waals surface area contributed by atoms with Gasteiger partial charge in [0.2, 0.25) is 0 Å². The molecular formula is C65H118Cl2N8O9Ti. The molecule has 0 radical (unpaired) electrons. The maximum Gasteiger partial charge on any atom is 0.354 e. The fourth-order valence-electron chi connectivity index (χ4n) is 9.01. The molecule has 4 aliphatic heterocycles. The van der Waals surface area contributed by atoms with Gasteiger partial charge in [-0.1, -0.05) is 249 Å². The summed E-state index contributed by atoms with van der Waals surface area (Å²) in [6, 6.07) is 0. The van der Waals surface area contributed by atoms with E-state index in [0.717, 1.165) is 52.8 Å². The van der Waals surface area contributed by atoms with Gasteiger partial charge in [-0.15, -0.1) is 24.8 Å². The molecule has 4 heterocycles. The monoisotopic (exact) mass is 1270 g/mol. The number of hydrogen-bond donors (Lipinski definition) is 5. The van der Waals surface area contributed by atoms with Gasteiger partial charge >= 0.3 is 23.9 Å². The van der Waals surface area contributed by atoms with Crippen molar-refractivity contribution in [3.05, 3.63) is 0 Å². The van der Waals surface area contributed by atoms with E-state index in [-0.39, 0.29) is 89.9 Å². The molecule has 0 fully saturated rings. The SMILES string of the molecule is CC(C)(C)C1=NC(C(=O)O)(C(C)(C)C)N=C1C(C)(C)C.CC(C)(C)C1=NC(C(=O)O)(C(C)(C)C)N=C1C(C)(C)C.CC(C)(C)C1=NC(C(=O)O)(C(C)(C)C)N=C1C(C)(C)C.CC(C)(C)C1=NC(C(=O)O)(C(C)(C)C)N=C1C(C)(C)C.CO.Cl.Cl.[Ti]. The second kappa shape index (κ2) is 27.3. The predicted molar refractivity (Wildman–Crippen MR) is 357 cm³/mol. The van der Waals surface area contributed by atoms with E-state index in [9.17, 15) is 39.6 Å². The first-order valence-corrected chi connectivity index (χ1v) is 28.7. The van der Waals surface area contributed by atoms with Crippen LogP contribution in [0.3, 0.4) is 0 Å². The molecule has 4 aliphatic rings. The first kappa shape index (κ1) is 87.9. The van der Waals surface area contributed by atoms with E-state index >= 15 is 0 Å². The summed E-state index contributed by atoms with van der Waals surface area (Å²) in [6.07, 6.45) is 0. The third-order valence-corrected chi connectivity index (χ3v) is 14.1. The van der Waals surface area contributed by atoms with Crippen molar-refractivity contribution in [1.29, 1.82) is 0 Å². The van der Waals surface area contributed by atoms with Crippen LogP contribution in [0.15, 0.2) is 39.9 Å². The van der Waals surface area contributed by atoms with E-state index < -0.39 is 68.2 Å².